The number of benzene rings is 1. The van der Waals surface area contributed by atoms with Crippen LogP contribution < -0.4 is 5.32 Å². The molecule has 0 saturated carbocycles. The highest BCUT2D eigenvalue weighted by molar-refractivity contribution is 6.30. The van der Waals surface area contributed by atoms with Crippen LogP contribution in [0.15, 0.2) is 24.5 Å². The molecule has 0 spiro atoms. The van der Waals surface area contributed by atoms with Crippen LogP contribution in [0.25, 0.3) is 5.69 Å². The Balaban J connectivity index is 2.53. The molecule has 0 bridgehead atoms. The maximum atomic E-state index is 5.85. The molecule has 2 aromatic rings. The molecule has 72 valence electrons. The van der Waals surface area contributed by atoms with Gasteiger partial charge in [0.15, 0.2) is 6.33 Å². The van der Waals surface area contributed by atoms with Crippen molar-refractivity contribution in [2.45, 2.75) is 0 Å². The third kappa shape index (κ3) is 1.54. The number of nitrogens with zero attached hydrogens (tertiary/aromatic N) is 4. The summed E-state index contributed by atoms with van der Waals surface area (Å²) in [4.78, 5) is 1.43. The van der Waals surface area contributed by atoms with Crippen LogP contribution in [0.1, 0.15) is 0 Å². The molecule has 0 aliphatic carbocycles. The molecule has 0 unspecified atom stereocenters. The molecule has 1 aromatic heterocycles. The van der Waals surface area contributed by atoms with E-state index in [1.165, 1.54) is 11.1 Å². The monoisotopic (exact) mass is 209 g/mol. The molecule has 0 radical (unpaired) electrons. The Bertz CT molecular complexity index is 425. The molecule has 14 heavy (non-hydrogen) atoms. The second-order valence-electron chi connectivity index (χ2n) is 2.64. The maximum Gasteiger partial charge on any atom is 0.162 e. The summed E-state index contributed by atoms with van der Waals surface area (Å²) >= 11 is 5.85. The average Bonchev–Trinajstić information content (AvgIpc) is 2.70. The van der Waals surface area contributed by atoms with E-state index in [1.807, 2.05) is 13.1 Å². The highest BCUT2D eigenvalue weighted by Gasteiger charge is 2.05. The van der Waals surface area contributed by atoms with Gasteiger partial charge in [-0.2, -0.15) is 0 Å². The van der Waals surface area contributed by atoms with E-state index in [0.29, 0.717) is 5.02 Å². The van der Waals surface area contributed by atoms with Gasteiger partial charge in [0, 0.05) is 12.1 Å². The van der Waals surface area contributed by atoms with Crippen LogP contribution in [0.4, 0.5) is 5.69 Å². The lowest BCUT2D eigenvalue weighted by atomic mass is 10.3. The van der Waals surface area contributed by atoms with Crippen molar-refractivity contribution < 1.29 is 0 Å². The van der Waals surface area contributed by atoms with Gasteiger partial charge in [0.05, 0.1) is 5.69 Å². The van der Waals surface area contributed by atoms with Crippen molar-refractivity contribution in [3.8, 4) is 5.69 Å². The minimum atomic E-state index is 0.665. The van der Waals surface area contributed by atoms with Gasteiger partial charge in [-0.1, -0.05) is 11.6 Å². The van der Waals surface area contributed by atoms with Gasteiger partial charge in [-0.15, -0.1) is 15.0 Å². The molecule has 1 N–H and O–H groups in total. The first-order chi connectivity index (χ1) is 6.81. The van der Waals surface area contributed by atoms with Gasteiger partial charge in [-0.3, -0.25) is 0 Å². The first kappa shape index (κ1) is 8.96. The molecule has 6 heteroatoms. The highest BCUT2D eigenvalue weighted by Crippen LogP contribution is 2.22. The molecular weight excluding hydrogens is 202 g/mol. The van der Waals surface area contributed by atoms with E-state index < -0.39 is 0 Å². The zero-order chi connectivity index (χ0) is 9.97. The van der Waals surface area contributed by atoms with Gasteiger partial charge in [-0.05, 0) is 23.4 Å². The lowest BCUT2D eigenvalue weighted by Crippen LogP contribution is -2.03. The fourth-order valence-electron chi connectivity index (χ4n) is 1.16. The molecule has 2 rings (SSSR count). The quantitative estimate of drug-likeness (QED) is 0.812. The summed E-state index contributed by atoms with van der Waals surface area (Å²) in [6, 6.07) is 5.41. The van der Waals surface area contributed by atoms with E-state index >= 15 is 0 Å². The fraction of sp³-hybridized carbons (Fsp3) is 0.125. The number of rotatable bonds is 2. The van der Waals surface area contributed by atoms with E-state index in [1.54, 1.807) is 12.1 Å². The van der Waals surface area contributed by atoms with Crippen LogP contribution in [0.2, 0.25) is 5.02 Å². The van der Waals surface area contributed by atoms with Crippen LogP contribution >= 0.6 is 11.6 Å². The second-order valence-corrected chi connectivity index (χ2v) is 3.07. The normalized spacial score (nSPS) is 10.1. The number of nitrogens with one attached hydrogen (secondary N) is 1. The minimum Gasteiger partial charge on any atom is -0.386 e. The number of aromatic nitrogens is 4. The molecule has 0 aliphatic heterocycles. The van der Waals surface area contributed by atoms with E-state index in [-0.39, 0.29) is 0 Å². The molecule has 0 atom stereocenters. The van der Waals surface area contributed by atoms with Gasteiger partial charge < -0.3 is 5.32 Å². The van der Waals surface area contributed by atoms with Gasteiger partial charge in [0.2, 0.25) is 0 Å². The minimum absolute atomic E-state index is 0.665. The Morgan fingerprint density at radius 3 is 2.93 bits per heavy atom. The van der Waals surface area contributed by atoms with Gasteiger partial charge in [0.25, 0.3) is 0 Å². The van der Waals surface area contributed by atoms with Crippen molar-refractivity contribution in [2.75, 3.05) is 12.4 Å². The van der Waals surface area contributed by atoms with Crippen molar-refractivity contribution in [1.29, 1.82) is 0 Å². The van der Waals surface area contributed by atoms with Gasteiger partial charge in [-0.25, -0.2) is 0 Å². The summed E-state index contributed by atoms with van der Waals surface area (Å²) in [5, 5.41) is 15.0. The van der Waals surface area contributed by atoms with Crippen LogP contribution in [-0.2, 0) is 0 Å². The predicted octanol–water partition coefficient (Wildman–Crippen LogP) is 1.36. The molecule has 0 fully saturated rings. The standard InChI is InChI=1S/C8H8ClN5/c1-10-7-4-6(9)2-3-8(7)14-12-5-11-13-14/h2-5,10H,1H3. The number of anilines is 1. The average molecular weight is 210 g/mol. The first-order valence-electron chi connectivity index (χ1n) is 4.02. The lowest BCUT2D eigenvalue weighted by molar-refractivity contribution is 0.721. The topological polar surface area (TPSA) is 55.6 Å². The van der Waals surface area contributed by atoms with Crippen molar-refractivity contribution in [2.24, 2.45) is 0 Å². The molecular formula is C8H8ClN5. The van der Waals surface area contributed by atoms with Gasteiger partial charge >= 0.3 is 0 Å². The Labute approximate surface area is 85.7 Å². The van der Waals surface area contributed by atoms with Crippen LogP contribution in [0.3, 0.4) is 0 Å². The smallest absolute Gasteiger partial charge is 0.162 e. The van der Waals surface area contributed by atoms with Crippen LogP contribution in [-0.4, -0.2) is 27.3 Å². The largest absolute Gasteiger partial charge is 0.386 e. The Kier molecular flexibility index (Phi) is 2.32. The van der Waals surface area contributed by atoms with Gasteiger partial charge in [0.1, 0.15) is 5.69 Å². The molecule has 0 aliphatic rings. The highest BCUT2D eigenvalue weighted by atomic mass is 35.5. The fourth-order valence-corrected chi connectivity index (χ4v) is 1.33. The Morgan fingerprint density at radius 2 is 2.29 bits per heavy atom. The van der Waals surface area contributed by atoms with E-state index in [2.05, 4.69) is 20.7 Å². The molecule has 1 aromatic carbocycles. The summed E-state index contributed by atoms with van der Waals surface area (Å²) in [6.07, 6.45) is 1.38. The maximum absolute atomic E-state index is 5.85. The lowest BCUT2D eigenvalue weighted by Gasteiger charge is -2.06. The molecule has 0 amide bonds. The molecule has 1 heterocycles. The zero-order valence-electron chi connectivity index (χ0n) is 7.48. The van der Waals surface area contributed by atoms with Crippen molar-refractivity contribution >= 4 is 17.3 Å². The molecule has 0 saturated heterocycles. The SMILES string of the molecule is CNc1cc(Cl)ccc1-n1ncnn1. The summed E-state index contributed by atoms with van der Waals surface area (Å²) < 4.78 is 0. The summed E-state index contributed by atoms with van der Waals surface area (Å²) in [5.41, 5.74) is 1.67. The zero-order valence-corrected chi connectivity index (χ0v) is 8.23. The number of hydrogen-bond donors (Lipinski definition) is 1. The Morgan fingerprint density at radius 1 is 1.43 bits per heavy atom. The van der Waals surface area contributed by atoms with E-state index in [4.69, 9.17) is 11.6 Å². The third-order valence-corrected chi connectivity index (χ3v) is 2.03. The number of hydrogen-bond acceptors (Lipinski definition) is 4. The Hall–Kier alpha value is -1.62. The van der Waals surface area contributed by atoms with E-state index in [0.717, 1.165) is 11.4 Å². The summed E-state index contributed by atoms with van der Waals surface area (Å²) in [6.45, 7) is 0. The molecule has 5 nitrogen and oxygen atoms in total. The summed E-state index contributed by atoms with van der Waals surface area (Å²) in [7, 11) is 1.81. The van der Waals surface area contributed by atoms with Crippen molar-refractivity contribution in [1.82, 2.24) is 20.2 Å². The first-order valence-corrected chi connectivity index (χ1v) is 4.39. The van der Waals surface area contributed by atoms with Crippen molar-refractivity contribution in [3.63, 3.8) is 0 Å². The number of halogens is 1. The predicted molar refractivity (Wildman–Crippen MR) is 53.7 cm³/mol. The van der Waals surface area contributed by atoms with Crippen molar-refractivity contribution in [3.05, 3.63) is 29.5 Å². The summed E-state index contributed by atoms with van der Waals surface area (Å²) in [5.74, 6) is 0. The third-order valence-electron chi connectivity index (χ3n) is 1.79. The number of tetrazole rings is 1. The van der Waals surface area contributed by atoms with E-state index in [9.17, 15) is 0 Å². The van der Waals surface area contributed by atoms with Crippen LogP contribution in [0, 0.1) is 0 Å². The second kappa shape index (κ2) is 3.63. The van der Waals surface area contributed by atoms with Crippen LogP contribution in [0.5, 0.6) is 0 Å².